The number of nitrogens with zero attached hydrogens (tertiary/aromatic N) is 28. The zero-order valence-electron chi connectivity index (χ0n) is 74.1. The largest absolute Gasteiger partial charge is 0.351 e. The second-order valence-corrected chi connectivity index (χ2v) is 31.8. The average Bonchev–Trinajstić information content (AvgIpc) is 1.72. The van der Waals surface area contributed by atoms with Gasteiger partial charge in [-0.15, -0.1) is 21.5 Å². The fourth-order valence-electron chi connectivity index (χ4n) is 14.9. The molecule has 678 valence electrons. The third-order valence-electron chi connectivity index (χ3n) is 21.9. The Morgan fingerprint density at radius 1 is 0.388 bits per heavy atom. The molecule has 30 rings (SSSR count). The first-order valence-corrected chi connectivity index (χ1v) is 45.4. The van der Waals surface area contributed by atoms with Gasteiger partial charge in [-0.25, -0.2) is 58.4 Å². The highest BCUT2D eigenvalue weighted by molar-refractivity contribution is 7.09. The van der Waals surface area contributed by atoms with Crippen LogP contribution >= 0.6 is 11.3 Å². The zero-order valence-corrected chi connectivity index (χ0v) is 74.9. The van der Waals surface area contributed by atoms with Crippen molar-refractivity contribution in [2.45, 2.75) is 90.3 Å². The lowest BCUT2D eigenvalue weighted by Crippen LogP contribution is -2.24. The lowest BCUT2D eigenvalue weighted by atomic mass is 10.0. The van der Waals surface area contributed by atoms with E-state index >= 15 is 0 Å². The third kappa shape index (κ3) is 27.0. The van der Waals surface area contributed by atoms with E-state index in [4.69, 9.17) is 0 Å². The summed E-state index contributed by atoms with van der Waals surface area (Å²) >= 11 is 1.81. The van der Waals surface area contributed by atoms with E-state index < -0.39 is 0 Å². The Bertz CT molecular complexity index is 5870. The van der Waals surface area contributed by atoms with Crippen molar-refractivity contribution in [2.24, 2.45) is 9.98 Å². The fourth-order valence-corrected chi connectivity index (χ4v) is 15.7. The van der Waals surface area contributed by atoms with Crippen molar-refractivity contribution < 1.29 is 0 Å². The summed E-state index contributed by atoms with van der Waals surface area (Å²) < 4.78 is 17.3. The lowest BCUT2D eigenvalue weighted by Gasteiger charge is -2.12. The van der Waals surface area contributed by atoms with Crippen LogP contribution in [0.4, 0.5) is 0 Å². The molecule has 0 fully saturated rings. The minimum atomic E-state index is 0.887. The number of thiazole rings is 1. The van der Waals surface area contributed by atoms with E-state index in [2.05, 4.69) is 155 Å². The summed E-state index contributed by atoms with van der Waals surface area (Å²) in [6.07, 6.45) is 70.1. The van der Waals surface area contributed by atoms with Gasteiger partial charge in [-0.3, -0.25) is 33.9 Å². The molecule has 36 heteroatoms. The van der Waals surface area contributed by atoms with Gasteiger partial charge in [0.15, 0.2) is 16.9 Å². The predicted molar refractivity (Wildman–Crippen MR) is 522 cm³/mol. The van der Waals surface area contributed by atoms with Gasteiger partial charge in [0, 0.05) is 236 Å². The van der Waals surface area contributed by atoms with E-state index in [9.17, 15) is 0 Å². The van der Waals surface area contributed by atoms with Gasteiger partial charge in [0.05, 0.1) is 100 Å². The van der Waals surface area contributed by atoms with E-state index in [-0.39, 0.29) is 0 Å². The van der Waals surface area contributed by atoms with Crippen LogP contribution in [0.3, 0.4) is 0 Å². The average molecular weight is 1810 g/mol. The van der Waals surface area contributed by atoms with E-state index in [0.717, 1.165) is 140 Å². The van der Waals surface area contributed by atoms with Gasteiger partial charge < -0.3 is 49.0 Å². The van der Waals surface area contributed by atoms with Crippen molar-refractivity contribution in [3.8, 4) is 0 Å². The molecule has 0 unspecified atom stereocenters. The number of fused-ring (bicyclic) bond motifs is 13. The number of hydrogen-bond acceptors (Lipinski definition) is 24. The third-order valence-corrected chi connectivity index (χ3v) is 22.8. The highest BCUT2D eigenvalue weighted by Gasteiger charge is 2.16. The van der Waals surface area contributed by atoms with Crippen LogP contribution in [0.5, 0.6) is 0 Å². The van der Waals surface area contributed by atoms with E-state index in [0.29, 0.717) is 0 Å². The number of aromatic nitrogens is 29. The number of hydrogen-bond donors (Lipinski definition) is 7. The first-order valence-electron chi connectivity index (χ1n) is 44.5. The molecule has 134 heavy (non-hydrogen) atoms. The molecule has 0 saturated heterocycles. The normalized spacial score (nSPS) is 14.0. The van der Waals surface area contributed by atoms with Crippen LogP contribution < -0.4 is 21.3 Å². The number of pyridine rings is 6. The summed E-state index contributed by atoms with van der Waals surface area (Å²) in [4.78, 5) is 60.3. The summed E-state index contributed by atoms with van der Waals surface area (Å²) in [6.45, 7) is 10.6. The molecule has 0 aromatic carbocycles. The van der Waals surface area contributed by atoms with Gasteiger partial charge >= 0.3 is 0 Å². The van der Waals surface area contributed by atoms with Crippen molar-refractivity contribution in [2.75, 3.05) is 45.8 Å². The van der Waals surface area contributed by atoms with Crippen LogP contribution in [-0.4, -0.2) is 199 Å². The van der Waals surface area contributed by atoms with Gasteiger partial charge in [-0.2, -0.15) is 20.4 Å². The molecule has 35 nitrogen and oxygen atoms in total. The Balaban J connectivity index is 0.000000104. The van der Waals surface area contributed by atoms with E-state index in [1.54, 1.807) is 98.1 Å². The maximum absolute atomic E-state index is 4.28. The van der Waals surface area contributed by atoms with Crippen molar-refractivity contribution >= 4 is 79.6 Å². The number of nitrogens with one attached hydrogen (secondary N) is 7. The van der Waals surface area contributed by atoms with Crippen LogP contribution in [0, 0.1) is 0 Å². The molecular formula is C98H105N35S. The Labute approximate surface area is 776 Å². The quantitative estimate of drug-likeness (QED) is 0.0741. The summed E-state index contributed by atoms with van der Waals surface area (Å²) in [5.74, 6) is 0. The summed E-state index contributed by atoms with van der Waals surface area (Å²) in [5.41, 5.74) is 25.7. The minimum absolute atomic E-state index is 0.887. The number of H-pyrrole nitrogens is 3. The van der Waals surface area contributed by atoms with Crippen molar-refractivity contribution in [1.29, 1.82) is 0 Å². The van der Waals surface area contributed by atoms with Gasteiger partial charge in [-0.05, 0) is 183 Å². The summed E-state index contributed by atoms with van der Waals surface area (Å²) in [6, 6.07) is 47.4. The van der Waals surface area contributed by atoms with Gasteiger partial charge in [0.1, 0.15) is 30.3 Å². The Morgan fingerprint density at radius 3 is 1.87 bits per heavy atom. The SMILES string of the molecule is C1=NC2=C(C1)CNCC2.C1=NCC2=C1CCNC2.c1cc2n(c1)CCC2.c1cc2nc[nH]c2cn1.c1cc2nccn2cn1.c1ccn2ccnc2c1.c1ccn2cncc2c1.c1ccn2cnnc2c1.c1ccn2nccc2c1.c1ccn2ncnc2c1.c1cn2ccnc2cn1.c1cnn2cccc2c1.c1n[nH]c2c1CNCC2.c1nc2c([nH]1)CNCC2.c1nc2c(s1)CCCC2. The molecular weight excluding hydrogens is 1700 g/mol. The fraction of sp³-hybridized carbons (Fsp3) is 0.214. The summed E-state index contributed by atoms with van der Waals surface area (Å²) in [7, 11) is 0. The molecule has 1 aliphatic carbocycles. The molecule has 8 aliphatic rings. The van der Waals surface area contributed by atoms with Crippen LogP contribution in [0.25, 0.3) is 55.8 Å². The lowest BCUT2D eigenvalue weighted by molar-refractivity contribution is 0.627. The molecule has 0 saturated carbocycles. The number of imidazole rings is 6. The topological polar surface area (TPSA) is 380 Å². The number of aryl methyl sites for hydroxylation is 4. The van der Waals surface area contributed by atoms with Crippen molar-refractivity contribution in [3.05, 3.63) is 393 Å². The molecule has 22 aromatic heterocycles. The number of aromatic amines is 3. The van der Waals surface area contributed by atoms with Gasteiger partial charge in [0.2, 0.25) is 0 Å². The van der Waals surface area contributed by atoms with Gasteiger partial charge in [-0.1, -0.05) is 30.3 Å². The molecule has 29 heterocycles. The Kier molecular flexibility index (Phi) is 33.7. The van der Waals surface area contributed by atoms with Crippen LogP contribution in [-0.2, 0) is 51.7 Å². The monoisotopic (exact) mass is 1800 g/mol. The zero-order chi connectivity index (χ0) is 90.9. The number of aliphatic imine (C=N–C) groups is 2. The van der Waals surface area contributed by atoms with Crippen LogP contribution in [0.2, 0.25) is 0 Å². The summed E-state index contributed by atoms with van der Waals surface area (Å²) in [5, 5.41) is 39.6. The van der Waals surface area contributed by atoms with Crippen LogP contribution in [0.15, 0.2) is 364 Å². The van der Waals surface area contributed by atoms with Crippen molar-refractivity contribution in [1.82, 2.24) is 162 Å². The molecule has 0 amide bonds. The Morgan fingerprint density at radius 2 is 1.07 bits per heavy atom. The molecule has 0 radical (unpaired) electrons. The molecule has 0 bridgehead atoms. The molecule has 22 aromatic rings. The first kappa shape index (κ1) is 91.2. The highest BCUT2D eigenvalue weighted by Crippen LogP contribution is 2.24. The molecule has 7 N–H and O–H groups in total. The smallest absolute Gasteiger partial charge is 0.160 e. The number of rotatable bonds is 0. The van der Waals surface area contributed by atoms with Crippen molar-refractivity contribution in [3.63, 3.8) is 0 Å². The van der Waals surface area contributed by atoms with E-state index in [1.165, 1.54) is 119 Å². The minimum Gasteiger partial charge on any atom is -0.351 e. The maximum Gasteiger partial charge on any atom is 0.160 e. The molecule has 7 aliphatic heterocycles. The second-order valence-electron chi connectivity index (χ2n) is 30.8. The van der Waals surface area contributed by atoms with Gasteiger partial charge in [0.25, 0.3) is 0 Å². The Hall–Kier alpha value is -16.2. The highest BCUT2D eigenvalue weighted by atomic mass is 32.1. The second kappa shape index (κ2) is 49.6. The first-order chi connectivity index (χ1) is 66.5. The van der Waals surface area contributed by atoms with Crippen LogP contribution in [0.1, 0.15) is 77.4 Å². The molecule has 0 atom stereocenters. The predicted octanol–water partition coefficient (Wildman–Crippen LogP) is 13.8. The maximum atomic E-state index is 4.28. The van der Waals surface area contributed by atoms with E-state index in [1.807, 2.05) is 268 Å². The standard InChI is InChI=1S/C7H10N2.C7H6N2.C7H10N2.3C7H6N2.C7H9NS.C7H9N.C6H5N3.2C6H9N3.4C6H5N3/c1-4-9-7-2-3-8-5-6(1)7;1-3-7-4-2-6-9(7)8-5-1;1-2-8-4-7-5-9-3-6(1)7;1-2-6-9-7(3-1)4-5-8-9;1-2-5-9-6-4-8-7(9)3-1;1-2-4-9-6-8-5-7(9)3-1;1-2-4-7-6(3-1)8-5-9-7;1-3-7-4-2-6-8(7)5-1;1-3-9-4-2-8-6(9)5-7-1;1-2-7-3-5-4-8-9-6(1)5;2*1-2-7-3-6-5(1)8-4-9-6;1-2-7-5-9-4-3-8-6(1)9;1-2-4-9-5-7-8-6(9)3-1;1-2-4-9-6(3-1)7-5-8-9/h4,8H,1-3,5H2;1-6H;3,8H,1-2,4-5H2;3*1-6H;5H,1-4H2;1,3,5H,2,4,6H2;1-5H;2*4,7H,1-3H2,(H,8,9);1-4H,(H,8,9);3*1-5H. The molecule has 0 spiro atoms.